The van der Waals surface area contributed by atoms with Crippen molar-refractivity contribution in [1.82, 2.24) is 19.1 Å². The van der Waals surface area contributed by atoms with Crippen LogP contribution in [0.15, 0.2) is 30.9 Å². The first-order valence-corrected chi connectivity index (χ1v) is 6.15. The number of fused-ring (bicyclic) bond motifs is 1. The Balaban J connectivity index is 2.10. The Morgan fingerprint density at radius 2 is 2.15 bits per heavy atom. The number of aromatic nitrogens is 4. The molecule has 0 fully saturated rings. The fourth-order valence-corrected chi connectivity index (χ4v) is 2.37. The van der Waals surface area contributed by atoms with Crippen LogP contribution in [0.4, 0.5) is 14.7 Å². The lowest BCUT2D eigenvalue weighted by Crippen LogP contribution is -2.15. The number of benzene rings is 1. The van der Waals surface area contributed by atoms with E-state index in [1.165, 1.54) is 10.6 Å². The van der Waals surface area contributed by atoms with Crippen molar-refractivity contribution in [3.05, 3.63) is 42.5 Å². The molecular weight excluding hydrogens is 264 g/mol. The maximum Gasteiger partial charge on any atom is 0.201 e. The van der Waals surface area contributed by atoms with E-state index in [2.05, 4.69) is 9.97 Å². The Hall–Kier alpha value is -2.44. The lowest BCUT2D eigenvalue weighted by Gasteiger charge is -2.16. The number of halogens is 2. The van der Waals surface area contributed by atoms with E-state index < -0.39 is 11.6 Å². The van der Waals surface area contributed by atoms with Gasteiger partial charge in [-0.15, -0.1) is 0 Å². The number of hydrogen-bond acceptors (Lipinski definition) is 3. The van der Waals surface area contributed by atoms with Crippen LogP contribution in [0, 0.1) is 11.6 Å². The van der Waals surface area contributed by atoms with Crippen LogP contribution in [0.3, 0.4) is 0 Å². The fourth-order valence-electron chi connectivity index (χ4n) is 2.37. The van der Waals surface area contributed by atoms with Crippen molar-refractivity contribution in [1.29, 1.82) is 0 Å². The van der Waals surface area contributed by atoms with Gasteiger partial charge in [-0.2, -0.15) is 0 Å². The lowest BCUT2D eigenvalue weighted by atomic mass is 10.2. The highest BCUT2D eigenvalue weighted by Gasteiger charge is 2.19. The minimum Gasteiger partial charge on any atom is -0.369 e. The van der Waals surface area contributed by atoms with Crippen molar-refractivity contribution in [3.63, 3.8) is 0 Å². The predicted octanol–water partition coefficient (Wildman–Crippen LogP) is 2.35. The zero-order chi connectivity index (χ0) is 14.3. The van der Waals surface area contributed by atoms with Gasteiger partial charge in [-0.25, -0.2) is 18.7 Å². The highest BCUT2D eigenvalue weighted by Crippen LogP contribution is 2.27. The number of nitrogen functional groups attached to an aromatic ring is 1. The Kier molecular flexibility index (Phi) is 2.89. The van der Waals surface area contributed by atoms with Crippen molar-refractivity contribution < 1.29 is 8.78 Å². The molecule has 1 atom stereocenters. The zero-order valence-electron chi connectivity index (χ0n) is 10.8. The molecule has 1 unspecified atom stereocenters. The molecule has 20 heavy (non-hydrogen) atoms. The third kappa shape index (κ3) is 1.91. The molecule has 0 aliphatic rings. The van der Waals surface area contributed by atoms with Crippen LogP contribution < -0.4 is 5.73 Å². The summed E-state index contributed by atoms with van der Waals surface area (Å²) in [6.07, 6.45) is 5.11. The molecule has 104 valence electrons. The topological polar surface area (TPSA) is 61.7 Å². The van der Waals surface area contributed by atoms with Crippen LogP contribution in [0.1, 0.15) is 13.0 Å². The smallest absolute Gasteiger partial charge is 0.201 e. The van der Waals surface area contributed by atoms with Crippen LogP contribution in [0.2, 0.25) is 0 Å². The molecule has 2 N–H and O–H groups in total. The van der Waals surface area contributed by atoms with Crippen molar-refractivity contribution in [2.75, 3.05) is 5.73 Å². The molecule has 3 aromatic rings. The summed E-state index contributed by atoms with van der Waals surface area (Å²) in [5, 5.41) is 0. The van der Waals surface area contributed by atoms with Gasteiger partial charge in [-0.05, 0) is 19.1 Å². The number of nitrogens with two attached hydrogens (primary N) is 1. The average Bonchev–Trinajstić information content (AvgIpc) is 3.01. The van der Waals surface area contributed by atoms with Crippen LogP contribution >= 0.6 is 0 Å². The number of imidazole rings is 2. The fraction of sp³-hybridized carbons (Fsp3) is 0.231. The van der Waals surface area contributed by atoms with Crippen LogP contribution in [0.5, 0.6) is 0 Å². The van der Waals surface area contributed by atoms with Gasteiger partial charge in [0.25, 0.3) is 0 Å². The standard InChI is InChI=1S/C13H13F2N5/c1-8(6-19-5-4-17-7-19)20-12-10(18-13(20)16)3-2-9(14)11(12)15/h2-5,7-8H,6H2,1H3,(H2,16,18). The van der Waals surface area contributed by atoms with Crippen LogP contribution in [-0.4, -0.2) is 19.1 Å². The first kappa shape index (κ1) is 12.6. The molecule has 7 heteroatoms. The summed E-state index contributed by atoms with van der Waals surface area (Å²) in [7, 11) is 0. The number of anilines is 1. The molecule has 0 aliphatic heterocycles. The second-order valence-corrected chi connectivity index (χ2v) is 4.68. The van der Waals surface area contributed by atoms with Gasteiger partial charge in [0.2, 0.25) is 5.95 Å². The van der Waals surface area contributed by atoms with Gasteiger partial charge < -0.3 is 14.9 Å². The van der Waals surface area contributed by atoms with Crippen molar-refractivity contribution in [2.45, 2.75) is 19.5 Å². The molecule has 2 heterocycles. The molecule has 0 spiro atoms. The summed E-state index contributed by atoms with van der Waals surface area (Å²) >= 11 is 0. The average molecular weight is 277 g/mol. The SMILES string of the molecule is CC(Cn1ccnc1)n1c(N)nc2ccc(F)c(F)c21. The third-order valence-electron chi connectivity index (χ3n) is 3.25. The Bertz CT molecular complexity index is 748. The lowest BCUT2D eigenvalue weighted by molar-refractivity contribution is 0.465. The molecule has 1 aromatic carbocycles. The quantitative estimate of drug-likeness (QED) is 0.799. The van der Waals surface area contributed by atoms with Crippen molar-refractivity contribution in [3.8, 4) is 0 Å². The molecule has 2 aromatic heterocycles. The third-order valence-corrected chi connectivity index (χ3v) is 3.25. The number of nitrogens with zero attached hydrogens (tertiary/aromatic N) is 4. The second kappa shape index (κ2) is 4.59. The zero-order valence-corrected chi connectivity index (χ0v) is 10.8. The van der Waals surface area contributed by atoms with E-state index in [1.807, 2.05) is 11.5 Å². The molecule has 0 amide bonds. The van der Waals surface area contributed by atoms with E-state index in [1.54, 1.807) is 18.7 Å². The maximum atomic E-state index is 14.0. The molecular formula is C13H13F2N5. The minimum absolute atomic E-state index is 0.0927. The number of rotatable bonds is 3. The van der Waals surface area contributed by atoms with Gasteiger partial charge in [0.05, 0.1) is 17.9 Å². The summed E-state index contributed by atoms with van der Waals surface area (Å²) in [6, 6.07) is 2.28. The van der Waals surface area contributed by atoms with Gasteiger partial charge in [0, 0.05) is 18.9 Å². The monoisotopic (exact) mass is 277 g/mol. The van der Waals surface area contributed by atoms with Gasteiger partial charge >= 0.3 is 0 Å². The van der Waals surface area contributed by atoms with Crippen molar-refractivity contribution in [2.24, 2.45) is 0 Å². The summed E-state index contributed by atoms with van der Waals surface area (Å²) in [4.78, 5) is 8.02. The Morgan fingerprint density at radius 3 is 2.85 bits per heavy atom. The van der Waals surface area contributed by atoms with E-state index in [9.17, 15) is 8.78 Å². The van der Waals surface area contributed by atoms with Gasteiger partial charge in [-0.1, -0.05) is 0 Å². The summed E-state index contributed by atoms with van der Waals surface area (Å²) in [5.41, 5.74) is 6.28. The van der Waals surface area contributed by atoms with E-state index in [-0.39, 0.29) is 17.5 Å². The molecule has 0 saturated carbocycles. The van der Waals surface area contributed by atoms with Crippen molar-refractivity contribution >= 4 is 17.0 Å². The largest absolute Gasteiger partial charge is 0.369 e. The number of hydrogen-bond donors (Lipinski definition) is 1. The van der Waals surface area contributed by atoms with E-state index in [4.69, 9.17) is 5.73 Å². The molecule has 3 rings (SSSR count). The summed E-state index contributed by atoms with van der Waals surface area (Å²) in [6.45, 7) is 2.40. The highest BCUT2D eigenvalue weighted by molar-refractivity contribution is 5.79. The van der Waals surface area contributed by atoms with E-state index in [0.29, 0.717) is 12.1 Å². The Labute approximate surface area is 113 Å². The molecule has 0 saturated heterocycles. The highest BCUT2D eigenvalue weighted by atomic mass is 19.2. The first-order chi connectivity index (χ1) is 9.58. The Morgan fingerprint density at radius 1 is 1.35 bits per heavy atom. The van der Waals surface area contributed by atoms with Crippen LogP contribution in [0.25, 0.3) is 11.0 Å². The van der Waals surface area contributed by atoms with E-state index >= 15 is 0 Å². The predicted molar refractivity (Wildman–Crippen MR) is 71.0 cm³/mol. The summed E-state index contributed by atoms with van der Waals surface area (Å²) in [5.74, 6) is -1.67. The molecule has 0 radical (unpaired) electrons. The normalized spacial score (nSPS) is 12.9. The molecule has 0 aliphatic carbocycles. The van der Waals surface area contributed by atoms with Gasteiger partial charge in [0.15, 0.2) is 11.6 Å². The molecule has 5 nitrogen and oxygen atoms in total. The summed E-state index contributed by atoms with van der Waals surface area (Å²) < 4.78 is 30.8. The van der Waals surface area contributed by atoms with E-state index in [0.717, 1.165) is 6.07 Å². The first-order valence-electron chi connectivity index (χ1n) is 6.15. The van der Waals surface area contributed by atoms with Gasteiger partial charge in [0.1, 0.15) is 5.52 Å². The van der Waals surface area contributed by atoms with Gasteiger partial charge in [-0.3, -0.25) is 0 Å². The molecule has 0 bridgehead atoms. The van der Waals surface area contributed by atoms with Crippen LogP contribution in [-0.2, 0) is 6.54 Å². The minimum atomic E-state index is -0.927. The maximum absolute atomic E-state index is 14.0. The second-order valence-electron chi connectivity index (χ2n) is 4.68.